The van der Waals surface area contributed by atoms with Gasteiger partial charge in [-0.2, -0.15) is 0 Å². The predicted molar refractivity (Wildman–Crippen MR) is 101 cm³/mol. The molecule has 0 fully saturated rings. The highest BCUT2D eigenvalue weighted by molar-refractivity contribution is 7.92. The molecular weight excluding hydrogens is 369 g/mol. The Morgan fingerprint density at radius 2 is 1.67 bits per heavy atom. The normalized spacial score (nSPS) is 11.0. The Kier molecular flexibility index (Phi) is 5.18. The van der Waals surface area contributed by atoms with Crippen LogP contribution in [0.15, 0.2) is 71.8 Å². The Morgan fingerprint density at radius 3 is 2.30 bits per heavy atom. The van der Waals surface area contributed by atoms with Crippen molar-refractivity contribution in [1.82, 2.24) is 4.98 Å². The standard InChI is InChI=1S/C19H16FN3O3S/c1-13-3-2-12-21-18(13)22-19(24)14-4-8-16(9-5-14)23-27(25,26)17-10-6-15(20)7-11-17/h2-12,23H,1H3,(H,21,22,24). The quantitative estimate of drug-likeness (QED) is 0.703. The molecule has 0 aliphatic heterocycles. The van der Waals surface area contributed by atoms with Crippen molar-refractivity contribution in [3.63, 3.8) is 0 Å². The van der Waals surface area contributed by atoms with Gasteiger partial charge in [-0.25, -0.2) is 17.8 Å². The molecule has 0 aliphatic rings. The van der Waals surface area contributed by atoms with Crippen LogP contribution in [0.4, 0.5) is 15.9 Å². The molecule has 0 unspecified atom stereocenters. The van der Waals surface area contributed by atoms with Gasteiger partial charge >= 0.3 is 0 Å². The lowest BCUT2D eigenvalue weighted by Gasteiger charge is -2.10. The second-order valence-electron chi connectivity index (χ2n) is 5.76. The monoisotopic (exact) mass is 385 g/mol. The van der Waals surface area contributed by atoms with Gasteiger partial charge in [0.1, 0.15) is 11.6 Å². The summed E-state index contributed by atoms with van der Waals surface area (Å²) in [5.74, 6) is -0.416. The predicted octanol–water partition coefficient (Wildman–Crippen LogP) is 3.58. The zero-order chi connectivity index (χ0) is 19.4. The van der Waals surface area contributed by atoms with E-state index in [0.717, 1.165) is 17.7 Å². The van der Waals surface area contributed by atoms with Crippen LogP contribution in [0.3, 0.4) is 0 Å². The number of amides is 1. The highest BCUT2D eigenvalue weighted by Gasteiger charge is 2.15. The van der Waals surface area contributed by atoms with Crippen molar-refractivity contribution in [3.8, 4) is 0 Å². The molecule has 1 amide bonds. The first-order valence-electron chi connectivity index (χ1n) is 7.96. The number of aryl methyl sites for hydroxylation is 1. The maximum Gasteiger partial charge on any atom is 0.261 e. The van der Waals surface area contributed by atoms with Crippen LogP contribution in [-0.2, 0) is 10.0 Å². The Bertz CT molecular complexity index is 1070. The summed E-state index contributed by atoms with van der Waals surface area (Å²) < 4.78 is 39.9. The number of pyridine rings is 1. The van der Waals surface area contributed by atoms with Crippen LogP contribution in [0.5, 0.6) is 0 Å². The van der Waals surface area contributed by atoms with E-state index in [4.69, 9.17) is 0 Å². The van der Waals surface area contributed by atoms with Gasteiger partial charge in [0.2, 0.25) is 0 Å². The molecule has 138 valence electrons. The minimum absolute atomic E-state index is 0.0589. The number of carbonyl (C=O) groups excluding carboxylic acids is 1. The Balaban J connectivity index is 1.72. The number of hydrogen-bond acceptors (Lipinski definition) is 4. The number of sulfonamides is 1. The largest absolute Gasteiger partial charge is 0.306 e. The fourth-order valence-electron chi connectivity index (χ4n) is 2.31. The van der Waals surface area contributed by atoms with E-state index in [9.17, 15) is 17.6 Å². The zero-order valence-corrected chi connectivity index (χ0v) is 15.1. The number of aromatic nitrogens is 1. The van der Waals surface area contributed by atoms with Crippen molar-refractivity contribution < 1.29 is 17.6 Å². The number of nitrogens with zero attached hydrogens (tertiary/aromatic N) is 1. The Labute approximate surface area is 156 Å². The van der Waals surface area contributed by atoms with Crippen LogP contribution in [-0.4, -0.2) is 19.3 Å². The topological polar surface area (TPSA) is 88.2 Å². The minimum atomic E-state index is -3.84. The number of halogens is 1. The second kappa shape index (κ2) is 7.55. The smallest absolute Gasteiger partial charge is 0.261 e. The van der Waals surface area contributed by atoms with E-state index in [1.165, 1.54) is 36.4 Å². The zero-order valence-electron chi connectivity index (χ0n) is 14.3. The number of rotatable bonds is 5. The molecule has 8 heteroatoms. The van der Waals surface area contributed by atoms with Gasteiger partial charge in [0.05, 0.1) is 4.90 Å². The second-order valence-corrected chi connectivity index (χ2v) is 7.44. The van der Waals surface area contributed by atoms with Gasteiger partial charge in [0.25, 0.3) is 15.9 Å². The number of hydrogen-bond donors (Lipinski definition) is 2. The van der Waals surface area contributed by atoms with Crippen molar-refractivity contribution in [2.75, 3.05) is 10.0 Å². The van der Waals surface area contributed by atoms with Crippen LogP contribution < -0.4 is 10.0 Å². The maximum absolute atomic E-state index is 12.9. The van der Waals surface area contributed by atoms with E-state index in [-0.39, 0.29) is 16.5 Å². The first-order valence-corrected chi connectivity index (χ1v) is 9.45. The summed E-state index contributed by atoms with van der Waals surface area (Å²) in [5.41, 5.74) is 1.46. The molecule has 0 saturated carbocycles. The third kappa shape index (κ3) is 4.48. The molecule has 0 atom stereocenters. The SMILES string of the molecule is Cc1cccnc1NC(=O)c1ccc(NS(=O)(=O)c2ccc(F)cc2)cc1. The highest BCUT2D eigenvalue weighted by Crippen LogP contribution is 2.18. The van der Waals surface area contributed by atoms with E-state index in [1.807, 2.05) is 13.0 Å². The van der Waals surface area contributed by atoms with Gasteiger partial charge in [-0.1, -0.05) is 6.07 Å². The lowest BCUT2D eigenvalue weighted by Crippen LogP contribution is -2.15. The molecule has 1 aromatic heterocycles. The Hall–Kier alpha value is -3.26. The third-order valence-corrected chi connectivity index (χ3v) is 5.16. The van der Waals surface area contributed by atoms with E-state index >= 15 is 0 Å². The van der Waals surface area contributed by atoms with Crippen LogP contribution in [0, 0.1) is 12.7 Å². The molecule has 6 nitrogen and oxygen atoms in total. The molecule has 0 radical (unpaired) electrons. The van der Waals surface area contributed by atoms with Gasteiger partial charge in [0.15, 0.2) is 0 Å². The molecule has 2 aromatic carbocycles. The summed E-state index contributed by atoms with van der Waals surface area (Å²) in [6, 6.07) is 14.0. The van der Waals surface area contributed by atoms with E-state index in [2.05, 4.69) is 15.0 Å². The van der Waals surface area contributed by atoms with Crippen LogP contribution in [0.1, 0.15) is 15.9 Å². The lowest BCUT2D eigenvalue weighted by molar-refractivity contribution is 0.102. The summed E-state index contributed by atoms with van der Waals surface area (Å²) in [7, 11) is -3.84. The Morgan fingerprint density at radius 1 is 1.00 bits per heavy atom. The summed E-state index contributed by atoms with van der Waals surface area (Å²) in [4.78, 5) is 16.3. The van der Waals surface area contributed by atoms with Crippen LogP contribution >= 0.6 is 0 Å². The molecule has 1 heterocycles. The fourth-order valence-corrected chi connectivity index (χ4v) is 3.37. The number of anilines is 2. The minimum Gasteiger partial charge on any atom is -0.306 e. The van der Waals surface area contributed by atoms with Gasteiger partial charge < -0.3 is 5.32 Å². The average Bonchev–Trinajstić information content (AvgIpc) is 2.64. The van der Waals surface area contributed by atoms with Gasteiger partial charge in [-0.15, -0.1) is 0 Å². The van der Waals surface area contributed by atoms with Crippen molar-refractivity contribution >= 4 is 27.4 Å². The molecule has 2 N–H and O–H groups in total. The molecule has 27 heavy (non-hydrogen) atoms. The maximum atomic E-state index is 12.9. The van der Waals surface area contributed by atoms with Crippen molar-refractivity contribution in [2.45, 2.75) is 11.8 Å². The van der Waals surface area contributed by atoms with E-state index in [1.54, 1.807) is 12.3 Å². The van der Waals surface area contributed by atoms with Crippen molar-refractivity contribution in [1.29, 1.82) is 0 Å². The summed E-state index contributed by atoms with van der Waals surface area (Å²) in [6.07, 6.45) is 1.58. The van der Waals surface area contributed by atoms with E-state index < -0.39 is 15.8 Å². The molecule has 3 rings (SSSR count). The highest BCUT2D eigenvalue weighted by atomic mass is 32.2. The lowest BCUT2D eigenvalue weighted by atomic mass is 10.2. The van der Waals surface area contributed by atoms with E-state index in [0.29, 0.717) is 11.4 Å². The molecule has 0 spiro atoms. The molecule has 3 aromatic rings. The molecular formula is C19H16FN3O3S. The first kappa shape index (κ1) is 18.5. The molecule has 0 bridgehead atoms. The van der Waals surface area contributed by atoms with Gasteiger partial charge in [0, 0.05) is 17.4 Å². The summed E-state index contributed by atoms with van der Waals surface area (Å²) >= 11 is 0. The number of carbonyl (C=O) groups is 1. The number of benzene rings is 2. The average molecular weight is 385 g/mol. The third-order valence-electron chi connectivity index (χ3n) is 3.76. The summed E-state index contributed by atoms with van der Waals surface area (Å²) in [6.45, 7) is 1.83. The summed E-state index contributed by atoms with van der Waals surface area (Å²) in [5, 5.41) is 2.70. The molecule has 0 saturated heterocycles. The van der Waals surface area contributed by atoms with Gasteiger partial charge in [-0.3, -0.25) is 9.52 Å². The van der Waals surface area contributed by atoms with Gasteiger partial charge in [-0.05, 0) is 67.1 Å². The number of nitrogens with one attached hydrogen (secondary N) is 2. The van der Waals surface area contributed by atoms with Crippen molar-refractivity contribution in [3.05, 3.63) is 83.8 Å². The van der Waals surface area contributed by atoms with Crippen LogP contribution in [0.25, 0.3) is 0 Å². The van der Waals surface area contributed by atoms with Crippen LogP contribution in [0.2, 0.25) is 0 Å². The van der Waals surface area contributed by atoms with Crippen molar-refractivity contribution in [2.24, 2.45) is 0 Å². The fraction of sp³-hybridized carbons (Fsp3) is 0.0526. The molecule has 0 aliphatic carbocycles. The first-order chi connectivity index (χ1) is 12.8.